The van der Waals surface area contributed by atoms with Crippen LogP contribution in [0.25, 0.3) is 11.0 Å². The van der Waals surface area contributed by atoms with Crippen LogP contribution in [-0.4, -0.2) is 33.1 Å². The molecule has 27 heavy (non-hydrogen) atoms. The Kier molecular flexibility index (Phi) is 4.87. The van der Waals surface area contributed by atoms with Gasteiger partial charge < -0.3 is 15.2 Å². The topological polar surface area (TPSA) is 44.0 Å². The molecule has 0 unspecified atom stereocenters. The minimum absolute atomic E-state index is 0.379. The first-order valence-corrected chi connectivity index (χ1v) is 10.00. The van der Waals surface area contributed by atoms with Gasteiger partial charge in [-0.1, -0.05) is 17.7 Å². The van der Waals surface area contributed by atoms with Gasteiger partial charge in [-0.05, 0) is 81.2 Å². The number of imidazole rings is 1. The van der Waals surface area contributed by atoms with Crippen LogP contribution in [0.1, 0.15) is 41.3 Å². The maximum atomic E-state index is 5.67. The van der Waals surface area contributed by atoms with Crippen molar-refractivity contribution in [2.24, 2.45) is 0 Å². The van der Waals surface area contributed by atoms with Gasteiger partial charge in [0.25, 0.3) is 0 Å². The Bertz CT molecular complexity index is 935. The average Bonchev–Trinajstić information content (AvgIpc) is 3.07. The van der Waals surface area contributed by atoms with E-state index in [0.717, 1.165) is 53.6 Å². The number of thiocarbonyl (C=S) groups is 1. The molecule has 1 aliphatic rings. The lowest BCUT2D eigenvalue weighted by molar-refractivity contribution is 0.307. The van der Waals surface area contributed by atoms with E-state index in [1.807, 2.05) is 0 Å². The fraction of sp³-hybridized carbons (Fsp3) is 0.364. The van der Waals surface area contributed by atoms with Crippen molar-refractivity contribution in [3.05, 3.63) is 58.9 Å². The summed E-state index contributed by atoms with van der Waals surface area (Å²) in [4.78, 5) is 10.7. The van der Waals surface area contributed by atoms with Crippen molar-refractivity contribution in [2.75, 3.05) is 18.4 Å². The van der Waals surface area contributed by atoms with E-state index in [0.29, 0.717) is 5.92 Å². The molecule has 0 saturated carbocycles. The number of nitrogens with zero attached hydrogens (tertiary/aromatic N) is 2. The second kappa shape index (κ2) is 7.31. The predicted octanol–water partition coefficient (Wildman–Crippen LogP) is 5.06. The first-order valence-electron chi connectivity index (χ1n) is 9.59. The van der Waals surface area contributed by atoms with Crippen LogP contribution in [0.5, 0.6) is 0 Å². The molecule has 3 aromatic rings. The molecule has 1 aromatic heterocycles. The Balaban J connectivity index is 1.49. The minimum Gasteiger partial charge on any atom is -0.348 e. The van der Waals surface area contributed by atoms with Crippen LogP contribution in [0.2, 0.25) is 0 Å². The molecule has 2 aromatic carbocycles. The summed E-state index contributed by atoms with van der Waals surface area (Å²) in [6, 6.07) is 12.7. The fourth-order valence-corrected chi connectivity index (χ4v) is 3.99. The van der Waals surface area contributed by atoms with E-state index in [1.54, 1.807) is 0 Å². The standard InChI is InChI=1S/C22H26N4S/c1-14-6-8-18(9-7-14)23-22(27)26-10-4-5-17(13-26)21-24-19-11-15(2)16(3)12-20(19)25-21/h6-9,11-12,17H,4-5,10,13H2,1-3H3,(H,23,27)(H,24,25)/t17-/m1/s1. The molecule has 4 rings (SSSR count). The van der Waals surface area contributed by atoms with E-state index in [-0.39, 0.29) is 0 Å². The van der Waals surface area contributed by atoms with Crippen LogP contribution >= 0.6 is 12.2 Å². The van der Waals surface area contributed by atoms with E-state index in [2.05, 4.69) is 72.4 Å². The van der Waals surface area contributed by atoms with E-state index in [4.69, 9.17) is 17.2 Å². The summed E-state index contributed by atoms with van der Waals surface area (Å²) in [5, 5.41) is 4.18. The highest BCUT2D eigenvalue weighted by atomic mass is 32.1. The highest BCUT2D eigenvalue weighted by Gasteiger charge is 2.25. The van der Waals surface area contributed by atoms with Crippen LogP contribution in [0, 0.1) is 20.8 Å². The van der Waals surface area contributed by atoms with Crippen molar-refractivity contribution in [3.63, 3.8) is 0 Å². The summed E-state index contributed by atoms with van der Waals surface area (Å²) in [6.07, 6.45) is 2.26. The van der Waals surface area contributed by atoms with Crippen LogP contribution in [0.3, 0.4) is 0 Å². The second-order valence-electron chi connectivity index (χ2n) is 7.66. The number of rotatable bonds is 2. The number of aromatic nitrogens is 2. The predicted molar refractivity (Wildman–Crippen MR) is 117 cm³/mol. The van der Waals surface area contributed by atoms with Gasteiger partial charge in [0.1, 0.15) is 5.82 Å². The molecular formula is C22H26N4S. The van der Waals surface area contributed by atoms with E-state index < -0.39 is 0 Å². The van der Waals surface area contributed by atoms with Gasteiger partial charge in [0.2, 0.25) is 0 Å². The van der Waals surface area contributed by atoms with Crippen molar-refractivity contribution in [3.8, 4) is 0 Å². The lowest BCUT2D eigenvalue weighted by Crippen LogP contribution is -2.41. The zero-order valence-electron chi connectivity index (χ0n) is 16.2. The summed E-state index contributed by atoms with van der Waals surface area (Å²) in [5.41, 5.74) is 7.07. The number of benzene rings is 2. The molecule has 0 spiro atoms. The van der Waals surface area contributed by atoms with E-state index >= 15 is 0 Å². The fourth-order valence-electron chi connectivity index (χ4n) is 3.71. The van der Waals surface area contributed by atoms with Crippen molar-refractivity contribution in [1.29, 1.82) is 0 Å². The zero-order valence-corrected chi connectivity index (χ0v) is 17.0. The highest BCUT2D eigenvalue weighted by molar-refractivity contribution is 7.80. The number of hydrogen-bond acceptors (Lipinski definition) is 2. The number of anilines is 1. The third-order valence-corrected chi connectivity index (χ3v) is 5.87. The molecule has 1 saturated heterocycles. The summed E-state index contributed by atoms with van der Waals surface area (Å²) in [6.45, 7) is 8.27. The maximum absolute atomic E-state index is 5.67. The molecule has 5 heteroatoms. The second-order valence-corrected chi connectivity index (χ2v) is 8.04. The van der Waals surface area contributed by atoms with Gasteiger partial charge in [-0.25, -0.2) is 4.98 Å². The first kappa shape index (κ1) is 18.0. The molecule has 140 valence electrons. The number of nitrogens with one attached hydrogen (secondary N) is 2. The molecule has 0 aliphatic carbocycles. The third kappa shape index (κ3) is 3.83. The Labute approximate surface area is 166 Å². The van der Waals surface area contributed by atoms with Crippen LogP contribution in [-0.2, 0) is 0 Å². The van der Waals surface area contributed by atoms with Crippen molar-refractivity contribution < 1.29 is 0 Å². The van der Waals surface area contributed by atoms with Crippen molar-refractivity contribution in [2.45, 2.75) is 39.5 Å². The Morgan fingerprint density at radius 1 is 1.15 bits per heavy atom. The van der Waals surface area contributed by atoms with E-state index in [9.17, 15) is 0 Å². The molecular weight excluding hydrogens is 352 g/mol. The normalized spacial score (nSPS) is 17.3. The summed E-state index contributed by atoms with van der Waals surface area (Å²) in [7, 11) is 0. The Morgan fingerprint density at radius 2 is 1.89 bits per heavy atom. The number of fused-ring (bicyclic) bond motifs is 1. The number of aromatic amines is 1. The van der Waals surface area contributed by atoms with Gasteiger partial charge in [0.15, 0.2) is 5.11 Å². The van der Waals surface area contributed by atoms with Gasteiger partial charge in [0.05, 0.1) is 11.0 Å². The minimum atomic E-state index is 0.379. The molecule has 1 fully saturated rings. The molecule has 0 bridgehead atoms. The zero-order chi connectivity index (χ0) is 19.0. The highest BCUT2D eigenvalue weighted by Crippen LogP contribution is 2.28. The van der Waals surface area contributed by atoms with Crippen molar-refractivity contribution in [1.82, 2.24) is 14.9 Å². The molecule has 0 amide bonds. The summed E-state index contributed by atoms with van der Waals surface area (Å²) >= 11 is 5.67. The SMILES string of the molecule is Cc1ccc(NC(=S)N2CCC[C@@H](c3nc4cc(C)c(C)cc4[nH]3)C2)cc1. The molecule has 4 nitrogen and oxygen atoms in total. The lowest BCUT2D eigenvalue weighted by atomic mass is 9.98. The van der Waals surface area contributed by atoms with Crippen LogP contribution in [0.15, 0.2) is 36.4 Å². The van der Waals surface area contributed by atoms with Gasteiger partial charge in [-0.3, -0.25) is 0 Å². The number of aryl methyl sites for hydroxylation is 3. The summed E-state index contributed by atoms with van der Waals surface area (Å²) < 4.78 is 0. The van der Waals surface area contributed by atoms with Crippen LogP contribution < -0.4 is 5.32 Å². The van der Waals surface area contributed by atoms with Gasteiger partial charge in [0, 0.05) is 24.7 Å². The number of hydrogen-bond donors (Lipinski definition) is 2. The Hall–Kier alpha value is -2.40. The quantitative estimate of drug-likeness (QED) is 0.612. The average molecular weight is 379 g/mol. The number of H-pyrrole nitrogens is 1. The molecule has 1 atom stereocenters. The Morgan fingerprint density at radius 3 is 2.67 bits per heavy atom. The lowest BCUT2D eigenvalue weighted by Gasteiger charge is -2.33. The molecule has 0 radical (unpaired) electrons. The van der Waals surface area contributed by atoms with Gasteiger partial charge >= 0.3 is 0 Å². The smallest absolute Gasteiger partial charge is 0.173 e. The monoisotopic (exact) mass is 378 g/mol. The largest absolute Gasteiger partial charge is 0.348 e. The first-order chi connectivity index (χ1) is 13.0. The van der Waals surface area contributed by atoms with Gasteiger partial charge in [-0.15, -0.1) is 0 Å². The molecule has 2 N–H and O–H groups in total. The molecule has 2 heterocycles. The maximum Gasteiger partial charge on any atom is 0.173 e. The number of likely N-dealkylation sites (tertiary alicyclic amines) is 1. The summed E-state index contributed by atoms with van der Waals surface area (Å²) in [5.74, 6) is 1.46. The van der Waals surface area contributed by atoms with Gasteiger partial charge in [-0.2, -0.15) is 0 Å². The number of piperidine rings is 1. The molecule has 1 aliphatic heterocycles. The van der Waals surface area contributed by atoms with Crippen molar-refractivity contribution >= 4 is 34.1 Å². The van der Waals surface area contributed by atoms with E-state index in [1.165, 1.54) is 16.7 Å². The van der Waals surface area contributed by atoms with Crippen LogP contribution in [0.4, 0.5) is 5.69 Å². The third-order valence-electron chi connectivity index (χ3n) is 5.51.